The van der Waals surface area contributed by atoms with Gasteiger partial charge in [-0.15, -0.1) is 0 Å². The number of hydrogen-bond donors (Lipinski definition) is 0. The first kappa shape index (κ1) is 19.7. The summed E-state index contributed by atoms with van der Waals surface area (Å²) in [6.07, 6.45) is 3.43. The van der Waals surface area contributed by atoms with E-state index in [0.29, 0.717) is 0 Å². The molecule has 28 heavy (non-hydrogen) atoms. The van der Waals surface area contributed by atoms with Crippen molar-refractivity contribution < 1.29 is 31.4 Å². The van der Waals surface area contributed by atoms with E-state index < -0.39 is 29.8 Å². The molecule has 0 bridgehead atoms. The Balaban J connectivity index is 1.99. The van der Waals surface area contributed by atoms with Crippen LogP contribution in [-0.2, 0) is 0 Å². The van der Waals surface area contributed by atoms with Gasteiger partial charge in [-0.25, -0.2) is 13.2 Å². The van der Waals surface area contributed by atoms with E-state index >= 15 is 0 Å². The molecule has 0 radical (unpaired) electrons. The molecule has 0 unspecified atom stereocenters. The van der Waals surface area contributed by atoms with Gasteiger partial charge in [0, 0.05) is 17.5 Å². The van der Waals surface area contributed by atoms with Crippen molar-refractivity contribution in [2.75, 3.05) is 6.61 Å². The zero-order chi connectivity index (χ0) is 20.3. The van der Waals surface area contributed by atoms with Crippen LogP contribution in [0.2, 0.25) is 0 Å². The Kier molecular flexibility index (Phi) is 5.82. The molecule has 0 aliphatic heterocycles. The van der Waals surface area contributed by atoms with E-state index in [-0.39, 0.29) is 34.3 Å². The van der Waals surface area contributed by atoms with Gasteiger partial charge in [0.15, 0.2) is 11.6 Å². The average molecular weight is 394 g/mol. The van der Waals surface area contributed by atoms with Crippen molar-refractivity contribution in [1.29, 1.82) is 0 Å². The molecule has 3 aromatic carbocycles. The van der Waals surface area contributed by atoms with Crippen LogP contribution in [0.5, 0.6) is 11.5 Å². The molecule has 0 aliphatic rings. The van der Waals surface area contributed by atoms with Crippen LogP contribution < -0.4 is 9.47 Å². The topological polar surface area (TPSA) is 18.5 Å². The van der Waals surface area contributed by atoms with E-state index in [9.17, 15) is 22.0 Å². The predicted molar refractivity (Wildman–Crippen MR) is 96.2 cm³/mol. The van der Waals surface area contributed by atoms with Crippen LogP contribution in [0, 0.1) is 17.5 Å². The molecule has 2 nitrogen and oxygen atoms in total. The Morgan fingerprint density at radius 2 is 1.68 bits per heavy atom. The van der Waals surface area contributed by atoms with Gasteiger partial charge in [0.25, 0.3) is 0 Å². The van der Waals surface area contributed by atoms with Gasteiger partial charge in [0.05, 0.1) is 5.56 Å². The fraction of sp³-hybridized carbons (Fsp3) is 0.143. The minimum Gasteiger partial charge on any atom is -0.489 e. The third-order valence-corrected chi connectivity index (χ3v) is 4.02. The quantitative estimate of drug-likeness (QED) is 0.352. The molecular weight excluding hydrogens is 379 g/mol. The number of fused-ring (bicyclic) bond motifs is 1. The summed E-state index contributed by atoms with van der Waals surface area (Å²) >= 11 is 0. The molecule has 0 fully saturated rings. The molecule has 3 aromatic rings. The van der Waals surface area contributed by atoms with Gasteiger partial charge in [-0.1, -0.05) is 30.4 Å². The molecule has 7 heteroatoms. The largest absolute Gasteiger partial charge is 0.489 e. The number of hydrogen-bond acceptors (Lipinski definition) is 2. The summed E-state index contributed by atoms with van der Waals surface area (Å²) in [5.74, 6) is -3.22. The molecule has 0 N–H and O–H groups in total. The highest BCUT2D eigenvalue weighted by molar-refractivity contribution is 5.89. The molecule has 0 aliphatic carbocycles. The molecular formula is C21H15F5O2. The van der Waals surface area contributed by atoms with Crippen molar-refractivity contribution in [2.24, 2.45) is 0 Å². The molecule has 0 saturated carbocycles. The maximum Gasteiger partial charge on any atom is 0.387 e. The van der Waals surface area contributed by atoms with Crippen molar-refractivity contribution in [2.45, 2.75) is 13.5 Å². The highest BCUT2D eigenvalue weighted by atomic mass is 19.3. The number of ether oxygens (including phenoxy) is 2. The van der Waals surface area contributed by atoms with Crippen molar-refractivity contribution in [3.8, 4) is 22.6 Å². The van der Waals surface area contributed by atoms with Crippen LogP contribution in [0.4, 0.5) is 22.0 Å². The third-order valence-electron chi connectivity index (χ3n) is 4.02. The number of allylic oxidation sites excluding steroid dienone is 1. The first-order valence-electron chi connectivity index (χ1n) is 8.31. The first-order valence-corrected chi connectivity index (χ1v) is 8.31. The molecule has 3 rings (SSSR count). The molecule has 146 valence electrons. The number of alkyl halides is 2. The highest BCUT2D eigenvalue weighted by Crippen LogP contribution is 2.34. The molecule has 0 amide bonds. The second-order valence-electron chi connectivity index (χ2n) is 5.83. The summed E-state index contributed by atoms with van der Waals surface area (Å²) in [7, 11) is 0. The third kappa shape index (κ3) is 4.08. The standard InChI is InChI=1S/C21H15F5O2/c1-2-3-8-27-14-10-16(22)19(17(23)11-14)13-4-6-15-12(9-13)5-7-18(20(15)24)28-21(25)26/h2-7,9-11,21H,8H2,1H3. The second-order valence-corrected chi connectivity index (χ2v) is 5.83. The van der Waals surface area contributed by atoms with Gasteiger partial charge in [0.1, 0.15) is 24.0 Å². The van der Waals surface area contributed by atoms with Crippen molar-refractivity contribution >= 4 is 10.8 Å². The SMILES string of the molecule is CC=CCOc1cc(F)c(-c2ccc3c(F)c(OC(F)F)ccc3c2)c(F)c1. The Morgan fingerprint density at radius 3 is 2.32 bits per heavy atom. The van der Waals surface area contributed by atoms with E-state index in [4.69, 9.17) is 4.74 Å². The maximum atomic E-state index is 14.5. The number of halogens is 5. The van der Waals surface area contributed by atoms with E-state index in [1.54, 1.807) is 19.1 Å². The van der Waals surface area contributed by atoms with E-state index in [2.05, 4.69) is 4.74 Å². The summed E-state index contributed by atoms with van der Waals surface area (Å²) in [4.78, 5) is 0. The summed E-state index contributed by atoms with van der Waals surface area (Å²) in [6.45, 7) is -1.20. The van der Waals surface area contributed by atoms with Crippen LogP contribution in [0.15, 0.2) is 54.6 Å². The first-order chi connectivity index (χ1) is 13.4. The monoisotopic (exact) mass is 394 g/mol. The van der Waals surface area contributed by atoms with Crippen molar-refractivity contribution in [3.63, 3.8) is 0 Å². The minimum atomic E-state index is -3.16. The van der Waals surface area contributed by atoms with Crippen molar-refractivity contribution in [1.82, 2.24) is 0 Å². The zero-order valence-corrected chi connectivity index (χ0v) is 14.7. The maximum absolute atomic E-state index is 14.5. The molecule has 0 saturated heterocycles. The molecule has 0 spiro atoms. The summed E-state index contributed by atoms with van der Waals surface area (Å²) in [5.41, 5.74) is -0.127. The van der Waals surface area contributed by atoms with Crippen LogP contribution in [-0.4, -0.2) is 13.2 Å². The minimum absolute atomic E-state index is 0.00553. The van der Waals surface area contributed by atoms with E-state index in [0.717, 1.165) is 18.2 Å². The normalized spacial score (nSPS) is 11.5. The van der Waals surface area contributed by atoms with Crippen LogP contribution in [0.1, 0.15) is 6.92 Å². The smallest absolute Gasteiger partial charge is 0.387 e. The fourth-order valence-corrected chi connectivity index (χ4v) is 2.76. The van der Waals surface area contributed by atoms with E-state index in [1.165, 1.54) is 24.3 Å². The predicted octanol–water partition coefficient (Wildman–Crippen LogP) is 6.48. The molecule has 0 atom stereocenters. The molecule has 0 aromatic heterocycles. The van der Waals surface area contributed by atoms with E-state index in [1.807, 2.05) is 0 Å². The van der Waals surface area contributed by atoms with Crippen LogP contribution >= 0.6 is 0 Å². The Bertz CT molecular complexity index is 1010. The van der Waals surface area contributed by atoms with Crippen LogP contribution in [0.25, 0.3) is 21.9 Å². The second kappa shape index (κ2) is 8.29. The number of benzene rings is 3. The number of rotatable bonds is 6. The lowest BCUT2D eigenvalue weighted by Crippen LogP contribution is -2.03. The van der Waals surface area contributed by atoms with Crippen molar-refractivity contribution in [3.05, 3.63) is 72.1 Å². The molecule has 0 heterocycles. The summed E-state index contributed by atoms with van der Waals surface area (Å²) < 4.78 is 77.2. The Hall–Kier alpha value is -3.09. The Labute approximate surface area is 157 Å². The summed E-state index contributed by atoms with van der Waals surface area (Å²) in [5, 5.41) is 0.276. The lowest BCUT2D eigenvalue weighted by molar-refractivity contribution is -0.0520. The van der Waals surface area contributed by atoms with Gasteiger partial charge < -0.3 is 9.47 Å². The van der Waals surface area contributed by atoms with Gasteiger partial charge in [-0.2, -0.15) is 8.78 Å². The lowest BCUT2D eigenvalue weighted by atomic mass is 9.99. The van der Waals surface area contributed by atoms with Gasteiger partial charge in [-0.05, 0) is 30.0 Å². The van der Waals surface area contributed by atoms with Gasteiger partial charge in [-0.3, -0.25) is 0 Å². The van der Waals surface area contributed by atoms with Crippen LogP contribution in [0.3, 0.4) is 0 Å². The Morgan fingerprint density at radius 1 is 0.964 bits per heavy atom. The highest BCUT2D eigenvalue weighted by Gasteiger charge is 2.17. The lowest BCUT2D eigenvalue weighted by Gasteiger charge is -2.11. The summed E-state index contributed by atoms with van der Waals surface area (Å²) in [6, 6.07) is 8.43. The fourth-order valence-electron chi connectivity index (χ4n) is 2.76. The zero-order valence-electron chi connectivity index (χ0n) is 14.7. The average Bonchev–Trinajstić information content (AvgIpc) is 2.63. The van der Waals surface area contributed by atoms with Gasteiger partial charge >= 0.3 is 6.61 Å². The van der Waals surface area contributed by atoms with Gasteiger partial charge in [0.2, 0.25) is 0 Å².